The fourth-order valence-electron chi connectivity index (χ4n) is 5.22. The molecule has 0 unspecified atom stereocenters. The summed E-state index contributed by atoms with van der Waals surface area (Å²) in [5, 5.41) is 10.1. The highest BCUT2D eigenvalue weighted by Crippen LogP contribution is 2.36. The number of hydrogen-bond acceptors (Lipinski definition) is 4. The smallest absolute Gasteiger partial charge is 0.326 e. The molecule has 1 aliphatic carbocycles. The summed E-state index contributed by atoms with van der Waals surface area (Å²) in [6.45, 7) is 0.185. The second-order valence-electron chi connectivity index (χ2n) is 9.65. The summed E-state index contributed by atoms with van der Waals surface area (Å²) in [4.78, 5) is 27.7. The van der Waals surface area contributed by atoms with E-state index in [4.69, 9.17) is 9.47 Å². The molecule has 0 bridgehead atoms. The van der Waals surface area contributed by atoms with E-state index < -0.39 is 29.8 Å². The SMILES string of the molecule is O=C(O)[C@H]1Cc2c(ccc(F)c2OCc2ccccc2)CN1C(=O)[C@@H](OC1CCCC1)c1ccccc1. The van der Waals surface area contributed by atoms with E-state index in [9.17, 15) is 19.1 Å². The van der Waals surface area contributed by atoms with Crippen LogP contribution in [0.25, 0.3) is 0 Å². The maximum Gasteiger partial charge on any atom is 0.326 e. The molecule has 2 aliphatic rings. The van der Waals surface area contributed by atoms with E-state index in [2.05, 4.69) is 0 Å². The van der Waals surface area contributed by atoms with Crippen molar-refractivity contribution in [2.75, 3.05) is 0 Å². The predicted octanol–water partition coefficient (Wildman–Crippen LogP) is 5.44. The minimum Gasteiger partial charge on any atom is -0.486 e. The van der Waals surface area contributed by atoms with E-state index in [0.717, 1.165) is 31.2 Å². The highest BCUT2D eigenvalue weighted by atomic mass is 19.1. The van der Waals surface area contributed by atoms with E-state index >= 15 is 0 Å². The maximum absolute atomic E-state index is 14.9. The van der Waals surface area contributed by atoms with Crippen LogP contribution in [0.15, 0.2) is 72.8 Å². The lowest BCUT2D eigenvalue weighted by atomic mass is 9.91. The van der Waals surface area contributed by atoms with Crippen molar-refractivity contribution in [3.05, 3.63) is 101 Å². The first-order chi connectivity index (χ1) is 18.0. The third kappa shape index (κ3) is 5.52. The monoisotopic (exact) mass is 503 g/mol. The maximum atomic E-state index is 14.9. The first-order valence-electron chi connectivity index (χ1n) is 12.7. The number of halogens is 1. The molecule has 3 aromatic carbocycles. The topological polar surface area (TPSA) is 76.1 Å². The summed E-state index contributed by atoms with van der Waals surface area (Å²) >= 11 is 0. The number of hydrogen-bond donors (Lipinski definition) is 1. The molecule has 0 radical (unpaired) electrons. The Morgan fingerprint density at radius 1 is 0.973 bits per heavy atom. The number of rotatable bonds is 8. The van der Waals surface area contributed by atoms with Gasteiger partial charge in [0.15, 0.2) is 17.7 Å². The molecular weight excluding hydrogens is 473 g/mol. The van der Waals surface area contributed by atoms with Gasteiger partial charge in [-0.3, -0.25) is 4.79 Å². The van der Waals surface area contributed by atoms with Gasteiger partial charge in [-0.2, -0.15) is 0 Å². The fourth-order valence-corrected chi connectivity index (χ4v) is 5.22. The first-order valence-corrected chi connectivity index (χ1v) is 12.7. The number of fused-ring (bicyclic) bond motifs is 1. The number of carboxylic acid groups (broad SMARTS) is 1. The van der Waals surface area contributed by atoms with E-state index in [1.807, 2.05) is 60.7 Å². The molecular formula is C30H30FNO5. The van der Waals surface area contributed by atoms with Crippen LogP contribution in [-0.2, 0) is 33.9 Å². The minimum absolute atomic E-state index is 0.0322. The summed E-state index contributed by atoms with van der Waals surface area (Å²) in [6.07, 6.45) is 2.86. The van der Waals surface area contributed by atoms with Crippen LogP contribution in [0.2, 0.25) is 0 Å². The Bertz CT molecular complexity index is 1240. The van der Waals surface area contributed by atoms with Crippen LogP contribution in [0.1, 0.15) is 54.0 Å². The molecule has 6 nitrogen and oxygen atoms in total. The van der Waals surface area contributed by atoms with Crippen LogP contribution in [0.4, 0.5) is 4.39 Å². The lowest BCUT2D eigenvalue weighted by Gasteiger charge is -2.37. The quantitative estimate of drug-likeness (QED) is 0.443. The van der Waals surface area contributed by atoms with E-state index in [-0.39, 0.29) is 31.4 Å². The molecule has 2 atom stereocenters. The lowest BCUT2D eigenvalue weighted by Crippen LogP contribution is -2.50. The van der Waals surface area contributed by atoms with Crippen molar-refractivity contribution >= 4 is 11.9 Å². The van der Waals surface area contributed by atoms with Crippen molar-refractivity contribution in [1.29, 1.82) is 0 Å². The zero-order valence-corrected chi connectivity index (χ0v) is 20.5. The van der Waals surface area contributed by atoms with Gasteiger partial charge in [-0.25, -0.2) is 9.18 Å². The number of amides is 1. The Morgan fingerprint density at radius 3 is 2.32 bits per heavy atom. The Balaban J connectivity index is 1.44. The van der Waals surface area contributed by atoms with Gasteiger partial charge in [0.1, 0.15) is 12.6 Å². The second kappa shape index (κ2) is 11.1. The molecule has 5 rings (SSSR count). The van der Waals surface area contributed by atoms with Gasteiger partial charge in [-0.05, 0) is 35.6 Å². The van der Waals surface area contributed by atoms with Crippen molar-refractivity contribution in [2.45, 2.75) is 63.5 Å². The summed E-state index contributed by atoms with van der Waals surface area (Å²) in [5.74, 6) is -2.05. The van der Waals surface area contributed by atoms with E-state index in [1.54, 1.807) is 6.07 Å². The van der Waals surface area contributed by atoms with Gasteiger partial charge in [-0.15, -0.1) is 0 Å². The number of carboxylic acids is 1. The second-order valence-corrected chi connectivity index (χ2v) is 9.65. The van der Waals surface area contributed by atoms with Gasteiger partial charge in [0.05, 0.1) is 6.10 Å². The Hall–Kier alpha value is -3.71. The summed E-state index contributed by atoms with van der Waals surface area (Å²) in [7, 11) is 0. The Kier molecular flexibility index (Phi) is 7.51. The molecule has 0 aromatic heterocycles. The zero-order valence-electron chi connectivity index (χ0n) is 20.5. The Labute approximate surface area is 215 Å². The van der Waals surface area contributed by atoms with Gasteiger partial charge < -0.3 is 19.5 Å². The number of benzene rings is 3. The van der Waals surface area contributed by atoms with Crippen molar-refractivity contribution in [3.8, 4) is 5.75 Å². The minimum atomic E-state index is -1.17. The molecule has 1 aliphatic heterocycles. The zero-order chi connectivity index (χ0) is 25.8. The average molecular weight is 504 g/mol. The van der Waals surface area contributed by atoms with Gasteiger partial charge >= 0.3 is 5.97 Å². The number of carbonyl (C=O) groups excluding carboxylic acids is 1. The first kappa shape index (κ1) is 25.0. The van der Waals surface area contributed by atoms with Crippen molar-refractivity contribution in [2.24, 2.45) is 0 Å². The Morgan fingerprint density at radius 2 is 1.65 bits per heavy atom. The van der Waals surface area contributed by atoms with Crippen LogP contribution in [0.5, 0.6) is 5.75 Å². The van der Waals surface area contributed by atoms with Crippen molar-refractivity contribution in [3.63, 3.8) is 0 Å². The largest absolute Gasteiger partial charge is 0.486 e. The highest BCUT2D eigenvalue weighted by Gasteiger charge is 2.40. The van der Waals surface area contributed by atoms with Crippen LogP contribution >= 0.6 is 0 Å². The molecule has 1 amide bonds. The molecule has 7 heteroatoms. The molecule has 0 spiro atoms. The molecule has 0 saturated heterocycles. The summed E-state index contributed by atoms with van der Waals surface area (Å²) in [5.41, 5.74) is 2.72. The van der Waals surface area contributed by atoms with Gasteiger partial charge in [0.25, 0.3) is 5.91 Å². The lowest BCUT2D eigenvalue weighted by molar-refractivity contribution is -0.160. The van der Waals surface area contributed by atoms with E-state index in [0.29, 0.717) is 16.7 Å². The third-order valence-corrected chi connectivity index (χ3v) is 7.18. The average Bonchev–Trinajstić information content (AvgIpc) is 3.44. The van der Waals surface area contributed by atoms with Gasteiger partial charge in [0.2, 0.25) is 0 Å². The number of ether oxygens (including phenoxy) is 2. The predicted molar refractivity (Wildman–Crippen MR) is 135 cm³/mol. The standard InChI is InChI=1S/C30H30FNO5/c31-25-16-15-22-18-32(29(33)27(21-11-5-2-6-12-21)37-23-13-7-8-14-23)26(30(34)35)17-24(22)28(25)36-19-20-9-3-1-4-10-20/h1-6,9-12,15-16,23,26-27H,7-8,13-14,17-19H2,(H,34,35)/t26-,27+/m1/s1. The normalized spacial score (nSPS) is 18.3. The molecule has 1 heterocycles. The number of carbonyl (C=O) groups is 2. The molecule has 3 aromatic rings. The van der Waals surface area contributed by atoms with Gasteiger partial charge in [-0.1, -0.05) is 79.6 Å². The highest BCUT2D eigenvalue weighted by molar-refractivity contribution is 5.88. The van der Waals surface area contributed by atoms with Crippen LogP contribution in [-0.4, -0.2) is 34.0 Å². The molecule has 1 saturated carbocycles. The van der Waals surface area contributed by atoms with Crippen molar-refractivity contribution in [1.82, 2.24) is 4.90 Å². The molecule has 1 N–H and O–H groups in total. The van der Waals surface area contributed by atoms with Crippen LogP contribution in [0.3, 0.4) is 0 Å². The summed E-state index contributed by atoms with van der Waals surface area (Å²) < 4.78 is 27.0. The molecule has 37 heavy (non-hydrogen) atoms. The molecule has 1 fully saturated rings. The number of nitrogens with zero attached hydrogens (tertiary/aromatic N) is 1. The number of aliphatic carboxylic acids is 1. The van der Waals surface area contributed by atoms with Gasteiger partial charge in [0, 0.05) is 18.5 Å². The van der Waals surface area contributed by atoms with Crippen molar-refractivity contribution < 1.29 is 28.6 Å². The van der Waals surface area contributed by atoms with E-state index in [1.165, 1.54) is 11.0 Å². The third-order valence-electron chi connectivity index (χ3n) is 7.18. The van der Waals surface area contributed by atoms with Crippen LogP contribution < -0.4 is 4.74 Å². The fraction of sp³-hybridized carbons (Fsp3) is 0.333. The molecule has 192 valence electrons. The summed E-state index contributed by atoms with van der Waals surface area (Å²) in [6, 6.07) is 20.3. The van der Waals surface area contributed by atoms with Crippen LogP contribution in [0, 0.1) is 5.82 Å².